The number of ether oxygens (including phenoxy) is 1. The number of nitrogens with two attached hydrogens (primary N) is 1. The molecule has 9 heteroatoms. The first-order valence-corrected chi connectivity index (χ1v) is 7.64. The molecule has 0 aliphatic carbocycles. The van der Waals surface area contributed by atoms with Crippen molar-refractivity contribution in [3.8, 4) is 5.75 Å². The Morgan fingerprint density at radius 1 is 1.19 bits per heavy atom. The summed E-state index contributed by atoms with van der Waals surface area (Å²) in [6.07, 6.45) is -1.94. The zero-order chi connectivity index (χ0) is 18.1. The number of hydrogen-bond acceptors (Lipinski definition) is 3. The summed E-state index contributed by atoms with van der Waals surface area (Å²) in [7, 11) is 0. The van der Waals surface area contributed by atoms with Gasteiger partial charge in [0.1, 0.15) is 5.75 Å². The Hall–Kier alpha value is -2.04. The van der Waals surface area contributed by atoms with Gasteiger partial charge in [0.15, 0.2) is 12.6 Å². The van der Waals surface area contributed by atoms with Gasteiger partial charge in [-0.1, -0.05) is 18.2 Å². The average Bonchev–Trinajstić information content (AvgIpc) is 2.59. The third-order valence-corrected chi connectivity index (χ3v) is 3.15. The van der Waals surface area contributed by atoms with Gasteiger partial charge in [0, 0.05) is 24.9 Å². The van der Waals surface area contributed by atoms with Crippen LogP contribution >= 0.6 is 24.0 Å². The molecule has 26 heavy (non-hydrogen) atoms. The van der Waals surface area contributed by atoms with Crippen molar-refractivity contribution in [1.29, 1.82) is 0 Å². The van der Waals surface area contributed by atoms with Crippen LogP contribution in [0.4, 0.5) is 13.2 Å². The number of hydrogen-bond donors (Lipinski definition) is 2. The predicted octanol–water partition coefficient (Wildman–Crippen LogP) is 3.29. The second kappa shape index (κ2) is 10.8. The Morgan fingerprint density at radius 3 is 2.69 bits per heavy atom. The molecule has 0 saturated carbocycles. The number of benzene rings is 1. The van der Waals surface area contributed by atoms with Gasteiger partial charge in [0.25, 0.3) is 0 Å². The van der Waals surface area contributed by atoms with Gasteiger partial charge < -0.3 is 15.8 Å². The van der Waals surface area contributed by atoms with E-state index in [0.29, 0.717) is 18.5 Å². The van der Waals surface area contributed by atoms with E-state index < -0.39 is 12.8 Å². The van der Waals surface area contributed by atoms with Crippen LogP contribution in [-0.2, 0) is 13.0 Å². The fourth-order valence-corrected chi connectivity index (χ4v) is 2.00. The molecule has 0 aliphatic rings. The van der Waals surface area contributed by atoms with E-state index in [1.54, 1.807) is 18.3 Å². The number of alkyl halides is 3. The topological polar surface area (TPSA) is 72.5 Å². The molecule has 0 saturated heterocycles. The summed E-state index contributed by atoms with van der Waals surface area (Å²) in [5.74, 6) is 0.407. The normalized spacial score (nSPS) is 11.6. The molecule has 1 aromatic carbocycles. The molecule has 1 heterocycles. The maximum Gasteiger partial charge on any atom is 0.422 e. The van der Waals surface area contributed by atoms with Crippen LogP contribution in [0, 0.1) is 0 Å². The lowest BCUT2D eigenvalue weighted by Crippen LogP contribution is -2.33. The summed E-state index contributed by atoms with van der Waals surface area (Å²) >= 11 is 0. The Morgan fingerprint density at radius 2 is 2.00 bits per heavy atom. The van der Waals surface area contributed by atoms with Crippen molar-refractivity contribution in [2.75, 3.05) is 13.2 Å². The molecule has 3 N–H and O–H groups in total. The van der Waals surface area contributed by atoms with Gasteiger partial charge in [-0.2, -0.15) is 13.2 Å². The highest BCUT2D eigenvalue weighted by Gasteiger charge is 2.28. The Kier molecular flexibility index (Phi) is 9.17. The van der Waals surface area contributed by atoms with E-state index in [1.165, 1.54) is 12.1 Å². The van der Waals surface area contributed by atoms with Crippen molar-refractivity contribution in [2.45, 2.75) is 19.1 Å². The summed E-state index contributed by atoms with van der Waals surface area (Å²) in [5.41, 5.74) is 7.42. The SMILES string of the molecule is I.NC(=NCc1cccc(OCC(F)(F)F)c1)NCCc1ccccn1. The van der Waals surface area contributed by atoms with Gasteiger partial charge in [0.05, 0.1) is 6.54 Å². The number of aliphatic imine (C=N–C) groups is 1. The molecular formula is C17H20F3IN4O. The van der Waals surface area contributed by atoms with Crippen molar-refractivity contribution in [3.05, 3.63) is 59.9 Å². The monoisotopic (exact) mass is 480 g/mol. The van der Waals surface area contributed by atoms with E-state index in [0.717, 1.165) is 5.69 Å². The second-order valence-electron chi connectivity index (χ2n) is 5.25. The van der Waals surface area contributed by atoms with Crippen LogP contribution in [0.3, 0.4) is 0 Å². The quantitative estimate of drug-likeness (QED) is 0.363. The molecular weight excluding hydrogens is 460 g/mol. The number of nitrogens with one attached hydrogen (secondary N) is 1. The average molecular weight is 480 g/mol. The molecule has 0 aliphatic heterocycles. The number of guanidine groups is 1. The van der Waals surface area contributed by atoms with Crippen LogP contribution in [0.2, 0.25) is 0 Å². The van der Waals surface area contributed by atoms with Crippen LogP contribution in [0.5, 0.6) is 5.75 Å². The summed E-state index contributed by atoms with van der Waals surface area (Å²) in [6.45, 7) is -0.496. The summed E-state index contributed by atoms with van der Waals surface area (Å²) in [4.78, 5) is 8.36. The van der Waals surface area contributed by atoms with Gasteiger partial charge in [-0.25, -0.2) is 4.99 Å². The molecule has 0 amide bonds. The summed E-state index contributed by atoms with van der Waals surface area (Å²) in [6, 6.07) is 12.0. The first-order valence-electron chi connectivity index (χ1n) is 7.64. The highest BCUT2D eigenvalue weighted by atomic mass is 127. The van der Waals surface area contributed by atoms with Gasteiger partial charge in [-0.15, -0.1) is 24.0 Å². The second-order valence-corrected chi connectivity index (χ2v) is 5.25. The summed E-state index contributed by atoms with van der Waals surface area (Å²) < 4.78 is 41.2. The summed E-state index contributed by atoms with van der Waals surface area (Å²) in [5, 5.41) is 2.97. The zero-order valence-electron chi connectivity index (χ0n) is 13.9. The van der Waals surface area contributed by atoms with E-state index in [-0.39, 0.29) is 42.2 Å². The lowest BCUT2D eigenvalue weighted by Gasteiger charge is -2.10. The molecule has 2 aromatic rings. The smallest absolute Gasteiger partial charge is 0.422 e. The molecule has 0 atom stereocenters. The zero-order valence-corrected chi connectivity index (χ0v) is 16.2. The molecule has 5 nitrogen and oxygen atoms in total. The first kappa shape index (κ1) is 22.0. The van der Waals surface area contributed by atoms with E-state index in [2.05, 4.69) is 15.3 Å². The molecule has 0 fully saturated rings. The van der Waals surface area contributed by atoms with Crippen molar-refractivity contribution >= 4 is 29.9 Å². The fourth-order valence-electron chi connectivity index (χ4n) is 2.00. The van der Waals surface area contributed by atoms with Crippen LogP contribution < -0.4 is 15.8 Å². The maximum atomic E-state index is 12.2. The molecule has 0 unspecified atom stereocenters. The highest BCUT2D eigenvalue weighted by molar-refractivity contribution is 14.0. The van der Waals surface area contributed by atoms with Crippen molar-refractivity contribution in [2.24, 2.45) is 10.7 Å². The van der Waals surface area contributed by atoms with Gasteiger partial charge in [-0.3, -0.25) is 4.98 Å². The molecule has 1 aromatic heterocycles. The fraction of sp³-hybridized carbons (Fsp3) is 0.294. The van der Waals surface area contributed by atoms with Crippen molar-refractivity contribution in [1.82, 2.24) is 10.3 Å². The number of rotatable bonds is 7. The van der Waals surface area contributed by atoms with E-state index in [1.807, 2.05) is 18.2 Å². The van der Waals surface area contributed by atoms with E-state index in [9.17, 15) is 13.2 Å². The van der Waals surface area contributed by atoms with Crippen LogP contribution in [0.1, 0.15) is 11.3 Å². The number of nitrogens with zero attached hydrogens (tertiary/aromatic N) is 2. The van der Waals surface area contributed by atoms with Crippen molar-refractivity contribution < 1.29 is 17.9 Å². The number of pyridine rings is 1. The predicted molar refractivity (Wildman–Crippen MR) is 105 cm³/mol. The van der Waals surface area contributed by atoms with Gasteiger partial charge in [-0.05, 0) is 29.8 Å². The van der Waals surface area contributed by atoms with Crippen molar-refractivity contribution in [3.63, 3.8) is 0 Å². The maximum absolute atomic E-state index is 12.2. The van der Waals surface area contributed by atoms with Crippen LogP contribution in [-0.4, -0.2) is 30.3 Å². The van der Waals surface area contributed by atoms with Gasteiger partial charge in [0.2, 0.25) is 0 Å². The minimum absolute atomic E-state index is 0. The van der Waals surface area contributed by atoms with Crippen LogP contribution in [0.15, 0.2) is 53.7 Å². The molecule has 0 radical (unpaired) electrons. The molecule has 0 bridgehead atoms. The Bertz CT molecular complexity index is 696. The lowest BCUT2D eigenvalue weighted by atomic mass is 10.2. The molecule has 2 rings (SSSR count). The standard InChI is InChI=1S/C17H19F3N4O.HI/c18-17(19,20)12-25-15-6-3-4-13(10-15)11-24-16(21)23-9-7-14-5-1-2-8-22-14;/h1-6,8,10H,7,9,11-12H2,(H3,21,23,24);1H. The van der Waals surface area contributed by atoms with Crippen LogP contribution in [0.25, 0.3) is 0 Å². The Labute approximate surface area is 166 Å². The minimum atomic E-state index is -4.36. The number of aromatic nitrogens is 1. The third-order valence-electron chi connectivity index (χ3n) is 3.15. The number of halogens is 4. The van der Waals surface area contributed by atoms with Gasteiger partial charge >= 0.3 is 6.18 Å². The van der Waals surface area contributed by atoms with E-state index >= 15 is 0 Å². The Balaban J connectivity index is 0.00000338. The molecule has 142 valence electrons. The van der Waals surface area contributed by atoms with E-state index in [4.69, 9.17) is 10.5 Å². The first-order chi connectivity index (χ1) is 11.9. The minimum Gasteiger partial charge on any atom is -0.484 e. The highest BCUT2D eigenvalue weighted by Crippen LogP contribution is 2.19. The largest absolute Gasteiger partial charge is 0.484 e. The lowest BCUT2D eigenvalue weighted by molar-refractivity contribution is -0.153. The third kappa shape index (κ3) is 8.88. The molecule has 0 spiro atoms.